The highest BCUT2D eigenvalue weighted by Crippen LogP contribution is 2.35. The summed E-state index contributed by atoms with van der Waals surface area (Å²) in [4.78, 5) is 7.99. The van der Waals surface area contributed by atoms with E-state index < -0.39 is 11.7 Å². The first-order valence-corrected chi connectivity index (χ1v) is 6.55. The van der Waals surface area contributed by atoms with E-state index in [1.165, 1.54) is 6.20 Å². The van der Waals surface area contributed by atoms with E-state index in [0.717, 1.165) is 11.8 Å². The number of nitrogens with zero attached hydrogens (tertiary/aromatic N) is 2. The Morgan fingerprint density at radius 3 is 2.70 bits per heavy atom. The van der Waals surface area contributed by atoms with E-state index in [2.05, 4.69) is 31.2 Å². The molecule has 0 saturated heterocycles. The molecule has 0 radical (unpaired) electrons. The molecule has 0 aliphatic heterocycles. The maximum atomic E-state index is 12.9. The van der Waals surface area contributed by atoms with Crippen LogP contribution in [0.2, 0.25) is 0 Å². The van der Waals surface area contributed by atoms with Crippen molar-refractivity contribution in [2.24, 2.45) is 0 Å². The van der Waals surface area contributed by atoms with Gasteiger partial charge in [0.25, 0.3) is 0 Å². The fraction of sp³-hybridized carbons (Fsp3) is 0.231. The molecule has 0 bridgehead atoms. The zero-order valence-corrected chi connectivity index (χ0v) is 12.1. The predicted octanol–water partition coefficient (Wildman–Crippen LogP) is 4.18. The average molecular weight is 346 g/mol. The number of aryl methyl sites for hydroxylation is 1. The van der Waals surface area contributed by atoms with Crippen LogP contribution in [0.1, 0.15) is 17.0 Å². The third kappa shape index (κ3) is 3.69. The minimum absolute atomic E-state index is 0.180. The van der Waals surface area contributed by atoms with E-state index in [9.17, 15) is 13.2 Å². The topological polar surface area (TPSA) is 37.8 Å². The lowest BCUT2D eigenvalue weighted by Crippen LogP contribution is -2.13. The SMILES string of the molecule is Cc1cccc(CNc2ncc(Br)cc2C(F)(F)F)n1. The summed E-state index contributed by atoms with van der Waals surface area (Å²) in [5.74, 6) is -0.205. The van der Waals surface area contributed by atoms with Crippen molar-refractivity contribution in [3.8, 4) is 0 Å². The first-order chi connectivity index (χ1) is 9.36. The molecule has 3 nitrogen and oxygen atoms in total. The second-order valence-electron chi connectivity index (χ2n) is 4.17. The number of nitrogens with one attached hydrogen (secondary N) is 1. The molecule has 0 atom stereocenters. The highest BCUT2D eigenvalue weighted by molar-refractivity contribution is 9.10. The number of alkyl halides is 3. The van der Waals surface area contributed by atoms with Crippen LogP contribution in [0.4, 0.5) is 19.0 Å². The highest BCUT2D eigenvalue weighted by Gasteiger charge is 2.34. The molecular formula is C13H11BrF3N3. The smallest absolute Gasteiger partial charge is 0.364 e. The molecule has 0 aliphatic carbocycles. The fourth-order valence-corrected chi connectivity index (χ4v) is 2.00. The van der Waals surface area contributed by atoms with Gasteiger partial charge in [-0.15, -0.1) is 0 Å². The van der Waals surface area contributed by atoms with E-state index in [1.807, 2.05) is 13.0 Å². The van der Waals surface area contributed by atoms with E-state index >= 15 is 0 Å². The van der Waals surface area contributed by atoms with Crippen molar-refractivity contribution < 1.29 is 13.2 Å². The maximum absolute atomic E-state index is 12.9. The number of hydrogen-bond acceptors (Lipinski definition) is 3. The molecule has 0 aliphatic rings. The van der Waals surface area contributed by atoms with Crippen LogP contribution in [0.25, 0.3) is 0 Å². The number of hydrogen-bond donors (Lipinski definition) is 1. The molecular weight excluding hydrogens is 335 g/mol. The minimum atomic E-state index is -4.46. The first-order valence-electron chi connectivity index (χ1n) is 5.75. The molecule has 1 N–H and O–H groups in total. The Morgan fingerprint density at radius 2 is 2.05 bits per heavy atom. The predicted molar refractivity (Wildman–Crippen MR) is 73.2 cm³/mol. The molecule has 2 aromatic heterocycles. The van der Waals surface area contributed by atoms with Crippen LogP contribution >= 0.6 is 15.9 Å². The summed E-state index contributed by atoms with van der Waals surface area (Å²) in [6.45, 7) is 2.00. The zero-order valence-electron chi connectivity index (χ0n) is 10.5. The van der Waals surface area contributed by atoms with Gasteiger partial charge in [0.2, 0.25) is 0 Å². The standard InChI is InChI=1S/C13H11BrF3N3/c1-8-3-2-4-10(20-8)7-19-12-11(13(15,16)17)5-9(14)6-18-12/h2-6H,7H2,1H3,(H,18,19). The van der Waals surface area contributed by atoms with Crippen LogP contribution in [0.5, 0.6) is 0 Å². The summed E-state index contributed by atoms with van der Waals surface area (Å²) < 4.78 is 39.0. The lowest BCUT2D eigenvalue weighted by Gasteiger charge is -2.13. The number of aromatic nitrogens is 2. The molecule has 0 aromatic carbocycles. The van der Waals surface area contributed by atoms with Gasteiger partial charge in [0.05, 0.1) is 17.8 Å². The molecule has 0 unspecified atom stereocenters. The maximum Gasteiger partial charge on any atom is 0.419 e. The molecule has 7 heteroatoms. The van der Waals surface area contributed by atoms with Crippen LogP contribution in [-0.2, 0) is 12.7 Å². The molecule has 106 valence electrons. The molecule has 0 fully saturated rings. The largest absolute Gasteiger partial charge is 0.419 e. The molecule has 0 amide bonds. The quantitative estimate of drug-likeness (QED) is 0.906. The van der Waals surface area contributed by atoms with Gasteiger partial charge in [-0.25, -0.2) is 4.98 Å². The van der Waals surface area contributed by atoms with Crippen LogP contribution in [0.15, 0.2) is 34.9 Å². The summed E-state index contributed by atoms with van der Waals surface area (Å²) in [5.41, 5.74) is 0.659. The summed E-state index contributed by atoms with van der Waals surface area (Å²) in [6.07, 6.45) is -3.14. The molecule has 0 spiro atoms. The van der Waals surface area contributed by atoms with Crippen LogP contribution in [-0.4, -0.2) is 9.97 Å². The minimum Gasteiger partial charge on any atom is -0.364 e. The Kier molecular flexibility index (Phi) is 4.27. The van der Waals surface area contributed by atoms with Gasteiger partial charge in [-0.2, -0.15) is 13.2 Å². The fourth-order valence-electron chi connectivity index (χ4n) is 1.67. The van der Waals surface area contributed by atoms with Gasteiger partial charge < -0.3 is 5.32 Å². The number of pyridine rings is 2. The number of rotatable bonds is 3. The van der Waals surface area contributed by atoms with Gasteiger partial charge in [0, 0.05) is 16.4 Å². The third-order valence-corrected chi connectivity index (χ3v) is 2.98. The van der Waals surface area contributed by atoms with Crippen molar-refractivity contribution in [2.45, 2.75) is 19.6 Å². The van der Waals surface area contributed by atoms with Gasteiger partial charge in [-0.1, -0.05) is 6.07 Å². The Hall–Kier alpha value is -1.63. The summed E-state index contributed by atoms with van der Waals surface area (Å²) in [6, 6.07) is 6.37. The Morgan fingerprint density at radius 1 is 1.30 bits per heavy atom. The van der Waals surface area contributed by atoms with Crippen LogP contribution in [0.3, 0.4) is 0 Å². The highest BCUT2D eigenvalue weighted by atomic mass is 79.9. The number of anilines is 1. The Labute approximate surface area is 122 Å². The van der Waals surface area contributed by atoms with Gasteiger partial charge >= 0.3 is 6.18 Å². The zero-order chi connectivity index (χ0) is 14.8. The van der Waals surface area contributed by atoms with Crippen molar-refractivity contribution in [1.29, 1.82) is 0 Å². The average Bonchev–Trinajstić information content (AvgIpc) is 2.36. The molecule has 20 heavy (non-hydrogen) atoms. The van der Waals surface area contributed by atoms with Crippen molar-refractivity contribution in [1.82, 2.24) is 9.97 Å². The molecule has 0 saturated carbocycles. The first kappa shape index (κ1) is 14.8. The van der Waals surface area contributed by atoms with Crippen molar-refractivity contribution in [3.05, 3.63) is 51.9 Å². The Bertz CT molecular complexity index is 614. The van der Waals surface area contributed by atoms with E-state index in [0.29, 0.717) is 5.69 Å². The second kappa shape index (κ2) is 5.78. The lowest BCUT2D eigenvalue weighted by molar-refractivity contribution is -0.137. The molecule has 2 rings (SSSR count). The summed E-state index contributed by atoms with van der Waals surface area (Å²) in [7, 11) is 0. The molecule has 2 heterocycles. The third-order valence-electron chi connectivity index (χ3n) is 2.54. The monoisotopic (exact) mass is 345 g/mol. The van der Waals surface area contributed by atoms with E-state index in [1.54, 1.807) is 12.1 Å². The molecule has 2 aromatic rings. The lowest BCUT2D eigenvalue weighted by atomic mass is 10.2. The van der Waals surface area contributed by atoms with Crippen LogP contribution < -0.4 is 5.32 Å². The van der Waals surface area contributed by atoms with E-state index in [-0.39, 0.29) is 16.8 Å². The van der Waals surface area contributed by atoms with Gasteiger partial charge in [-0.3, -0.25) is 4.98 Å². The van der Waals surface area contributed by atoms with Crippen LogP contribution in [0, 0.1) is 6.92 Å². The van der Waals surface area contributed by atoms with Gasteiger partial charge in [0.1, 0.15) is 5.82 Å². The van der Waals surface area contributed by atoms with Crippen molar-refractivity contribution >= 4 is 21.7 Å². The van der Waals surface area contributed by atoms with Gasteiger partial charge in [0.15, 0.2) is 0 Å². The van der Waals surface area contributed by atoms with E-state index in [4.69, 9.17) is 0 Å². The second-order valence-corrected chi connectivity index (χ2v) is 5.09. The summed E-state index contributed by atoms with van der Waals surface area (Å²) >= 11 is 2.99. The van der Waals surface area contributed by atoms with Crippen molar-refractivity contribution in [3.63, 3.8) is 0 Å². The van der Waals surface area contributed by atoms with Crippen molar-refractivity contribution in [2.75, 3.05) is 5.32 Å². The normalized spacial score (nSPS) is 11.4. The Balaban J connectivity index is 2.21. The number of halogens is 4. The summed E-state index contributed by atoms with van der Waals surface area (Å²) in [5, 5.41) is 2.68. The van der Waals surface area contributed by atoms with Gasteiger partial charge in [-0.05, 0) is 41.1 Å².